The first-order valence-corrected chi connectivity index (χ1v) is 8.96. The van der Waals surface area contributed by atoms with Crippen molar-refractivity contribution in [3.8, 4) is 5.75 Å². The summed E-state index contributed by atoms with van der Waals surface area (Å²) < 4.78 is 10.5. The van der Waals surface area contributed by atoms with E-state index in [0.29, 0.717) is 38.0 Å². The average molecular weight is 334 g/mol. The number of rotatable bonds is 11. The second-order valence-corrected chi connectivity index (χ2v) is 6.23. The summed E-state index contributed by atoms with van der Waals surface area (Å²) in [6.07, 6.45) is 6.36. The summed E-state index contributed by atoms with van der Waals surface area (Å²) in [5.41, 5.74) is 2.01. The van der Waals surface area contributed by atoms with Gasteiger partial charge in [0, 0.05) is 12.8 Å². The van der Waals surface area contributed by atoms with Gasteiger partial charge in [-0.2, -0.15) is 0 Å². The smallest absolute Gasteiger partial charge is 0.311 e. The molecular weight excluding hydrogens is 304 g/mol. The highest BCUT2D eigenvalue weighted by molar-refractivity contribution is 5.73. The Kier molecular flexibility index (Phi) is 9.81. The monoisotopic (exact) mass is 334 g/mol. The largest absolute Gasteiger partial charge is 0.466 e. The third-order valence-corrected chi connectivity index (χ3v) is 3.84. The van der Waals surface area contributed by atoms with Crippen LogP contribution in [0, 0.1) is 13.8 Å². The lowest BCUT2D eigenvalue weighted by Crippen LogP contribution is -2.10. The van der Waals surface area contributed by atoms with Gasteiger partial charge >= 0.3 is 11.9 Å². The second kappa shape index (κ2) is 11.7. The molecule has 0 aliphatic heterocycles. The van der Waals surface area contributed by atoms with E-state index in [2.05, 4.69) is 6.92 Å². The Morgan fingerprint density at radius 3 is 2.33 bits per heavy atom. The molecule has 0 bridgehead atoms. The molecule has 0 fully saturated rings. The van der Waals surface area contributed by atoms with Crippen molar-refractivity contribution in [3.63, 3.8) is 0 Å². The Morgan fingerprint density at radius 1 is 0.917 bits per heavy atom. The van der Waals surface area contributed by atoms with Crippen molar-refractivity contribution >= 4 is 11.9 Å². The molecule has 0 radical (unpaired) electrons. The predicted molar refractivity (Wildman–Crippen MR) is 95.1 cm³/mol. The molecule has 1 aromatic carbocycles. The van der Waals surface area contributed by atoms with Crippen molar-refractivity contribution < 1.29 is 19.1 Å². The molecule has 0 spiro atoms. The summed E-state index contributed by atoms with van der Waals surface area (Å²) >= 11 is 0. The summed E-state index contributed by atoms with van der Waals surface area (Å²) in [6, 6.07) is 5.79. The quantitative estimate of drug-likeness (QED) is 0.328. The van der Waals surface area contributed by atoms with Crippen LogP contribution >= 0.6 is 0 Å². The molecule has 1 rings (SSSR count). The first-order valence-electron chi connectivity index (χ1n) is 8.96. The molecule has 0 amide bonds. The highest BCUT2D eigenvalue weighted by Gasteiger charge is 2.09. The third kappa shape index (κ3) is 8.70. The highest BCUT2D eigenvalue weighted by atomic mass is 16.5. The van der Waals surface area contributed by atoms with E-state index in [1.54, 1.807) is 0 Å². The van der Waals surface area contributed by atoms with E-state index in [1.807, 2.05) is 32.0 Å². The van der Waals surface area contributed by atoms with Gasteiger partial charge in [0.15, 0.2) is 0 Å². The minimum Gasteiger partial charge on any atom is -0.466 e. The SMILES string of the molecule is CCCCCCOC(=O)CCCCC(=O)Oc1cc(C)ccc1C. The lowest BCUT2D eigenvalue weighted by molar-refractivity contribution is -0.144. The number of ether oxygens (including phenoxy) is 2. The standard InChI is InChI=1S/C20H30O4/c1-4-5-6-9-14-23-19(21)10-7-8-11-20(22)24-18-15-16(2)12-13-17(18)3/h12-13,15H,4-11,14H2,1-3H3. The lowest BCUT2D eigenvalue weighted by Gasteiger charge is -2.08. The van der Waals surface area contributed by atoms with E-state index in [-0.39, 0.29) is 11.9 Å². The molecule has 4 nitrogen and oxygen atoms in total. The van der Waals surface area contributed by atoms with Gasteiger partial charge in [0.25, 0.3) is 0 Å². The topological polar surface area (TPSA) is 52.6 Å². The van der Waals surface area contributed by atoms with Crippen LogP contribution in [0.25, 0.3) is 0 Å². The minimum atomic E-state index is -0.253. The van der Waals surface area contributed by atoms with Gasteiger partial charge in [0.05, 0.1) is 6.61 Å². The number of esters is 2. The van der Waals surface area contributed by atoms with E-state index in [0.717, 1.165) is 24.0 Å². The zero-order valence-corrected chi connectivity index (χ0v) is 15.2. The molecule has 4 heteroatoms. The molecule has 0 aliphatic carbocycles. The van der Waals surface area contributed by atoms with E-state index >= 15 is 0 Å². The van der Waals surface area contributed by atoms with Gasteiger partial charge < -0.3 is 9.47 Å². The van der Waals surface area contributed by atoms with Crippen molar-refractivity contribution in [2.75, 3.05) is 6.61 Å². The summed E-state index contributed by atoms with van der Waals surface area (Å²) in [5.74, 6) is 0.192. The first-order chi connectivity index (χ1) is 11.5. The Hall–Kier alpha value is -1.84. The maximum absolute atomic E-state index is 11.9. The van der Waals surface area contributed by atoms with Gasteiger partial charge in [0.1, 0.15) is 5.75 Å². The van der Waals surface area contributed by atoms with Crippen molar-refractivity contribution in [2.24, 2.45) is 0 Å². The molecule has 0 atom stereocenters. The molecule has 0 saturated carbocycles. The van der Waals surface area contributed by atoms with Crippen LogP contribution < -0.4 is 4.74 Å². The van der Waals surface area contributed by atoms with Gasteiger partial charge in [-0.05, 0) is 50.3 Å². The van der Waals surface area contributed by atoms with E-state index in [1.165, 1.54) is 12.8 Å². The molecule has 134 valence electrons. The number of carbonyl (C=O) groups excluding carboxylic acids is 2. The number of aryl methyl sites for hydroxylation is 2. The highest BCUT2D eigenvalue weighted by Crippen LogP contribution is 2.20. The van der Waals surface area contributed by atoms with E-state index < -0.39 is 0 Å². The molecule has 0 heterocycles. The van der Waals surface area contributed by atoms with Crippen LogP contribution in [0.1, 0.15) is 69.4 Å². The molecule has 0 N–H and O–H groups in total. The summed E-state index contributed by atoms with van der Waals surface area (Å²) in [7, 11) is 0. The van der Waals surface area contributed by atoms with E-state index in [9.17, 15) is 9.59 Å². The molecule has 0 aliphatic rings. The summed E-state index contributed by atoms with van der Waals surface area (Å²) in [4.78, 5) is 23.4. The van der Waals surface area contributed by atoms with Crippen LogP contribution in [0.4, 0.5) is 0 Å². The Morgan fingerprint density at radius 2 is 1.62 bits per heavy atom. The first kappa shape index (κ1) is 20.2. The Bertz CT molecular complexity index is 522. The normalized spacial score (nSPS) is 10.5. The second-order valence-electron chi connectivity index (χ2n) is 6.23. The van der Waals surface area contributed by atoms with Crippen LogP contribution in [0.5, 0.6) is 5.75 Å². The average Bonchev–Trinajstić information content (AvgIpc) is 2.55. The fourth-order valence-electron chi connectivity index (χ4n) is 2.32. The minimum absolute atomic E-state index is 0.172. The molecule has 0 saturated heterocycles. The Labute approximate surface area is 145 Å². The molecule has 0 unspecified atom stereocenters. The fourth-order valence-corrected chi connectivity index (χ4v) is 2.32. The molecular formula is C20H30O4. The van der Waals surface area contributed by atoms with Gasteiger partial charge in [-0.3, -0.25) is 9.59 Å². The number of benzene rings is 1. The van der Waals surface area contributed by atoms with Crippen LogP contribution in [-0.2, 0) is 14.3 Å². The molecule has 24 heavy (non-hydrogen) atoms. The molecule has 1 aromatic rings. The number of hydrogen-bond acceptors (Lipinski definition) is 4. The van der Waals surface area contributed by atoms with Crippen molar-refractivity contribution in [2.45, 2.75) is 72.1 Å². The fraction of sp³-hybridized carbons (Fsp3) is 0.600. The van der Waals surface area contributed by atoms with Crippen molar-refractivity contribution in [3.05, 3.63) is 29.3 Å². The van der Waals surface area contributed by atoms with Gasteiger partial charge in [0.2, 0.25) is 0 Å². The van der Waals surface area contributed by atoms with Crippen LogP contribution in [-0.4, -0.2) is 18.5 Å². The van der Waals surface area contributed by atoms with Crippen molar-refractivity contribution in [1.82, 2.24) is 0 Å². The van der Waals surface area contributed by atoms with E-state index in [4.69, 9.17) is 9.47 Å². The third-order valence-electron chi connectivity index (χ3n) is 3.84. The van der Waals surface area contributed by atoms with Crippen LogP contribution in [0.3, 0.4) is 0 Å². The van der Waals surface area contributed by atoms with Gasteiger partial charge in [-0.25, -0.2) is 0 Å². The van der Waals surface area contributed by atoms with Crippen molar-refractivity contribution in [1.29, 1.82) is 0 Å². The summed E-state index contributed by atoms with van der Waals surface area (Å²) in [5, 5.41) is 0. The molecule has 0 aromatic heterocycles. The predicted octanol–water partition coefficient (Wildman–Crippen LogP) is 4.89. The lowest BCUT2D eigenvalue weighted by atomic mass is 10.1. The summed E-state index contributed by atoms with van der Waals surface area (Å²) in [6.45, 7) is 6.54. The number of unbranched alkanes of at least 4 members (excludes halogenated alkanes) is 4. The maximum atomic E-state index is 11.9. The van der Waals surface area contributed by atoms with Gasteiger partial charge in [-0.1, -0.05) is 38.3 Å². The number of carbonyl (C=O) groups is 2. The van der Waals surface area contributed by atoms with Crippen LogP contribution in [0.15, 0.2) is 18.2 Å². The number of hydrogen-bond donors (Lipinski definition) is 0. The zero-order valence-electron chi connectivity index (χ0n) is 15.2. The maximum Gasteiger partial charge on any atom is 0.311 e. The van der Waals surface area contributed by atoms with Crippen LogP contribution in [0.2, 0.25) is 0 Å². The Balaban J connectivity index is 2.13. The zero-order chi connectivity index (χ0) is 17.8. The van der Waals surface area contributed by atoms with Gasteiger partial charge in [-0.15, -0.1) is 0 Å².